The van der Waals surface area contributed by atoms with Crippen molar-refractivity contribution in [1.29, 1.82) is 0 Å². The highest BCUT2D eigenvalue weighted by atomic mass is 32.1. The van der Waals surface area contributed by atoms with Gasteiger partial charge in [0.15, 0.2) is 5.13 Å². The van der Waals surface area contributed by atoms with Crippen molar-refractivity contribution in [3.05, 3.63) is 48.3 Å². The summed E-state index contributed by atoms with van der Waals surface area (Å²) in [6, 6.07) is 9.95. The van der Waals surface area contributed by atoms with E-state index < -0.39 is 0 Å². The van der Waals surface area contributed by atoms with E-state index in [0.29, 0.717) is 6.10 Å². The van der Waals surface area contributed by atoms with E-state index >= 15 is 0 Å². The maximum Gasteiger partial charge on any atom is 0.185 e. The zero-order chi connectivity index (χ0) is 18.6. The lowest BCUT2D eigenvalue weighted by Gasteiger charge is -2.30. The van der Waals surface area contributed by atoms with Crippen molar-refractivity contribution in [1.82, 2.24) is 15.0 Å². The fraction of sp³-hybridized carbons (Fsp3) is 0.350. The SMILES string of the molecule is COC1CCN(c2ncc(-c3cccc(Nc4cc(C)ccn4)n3)s2)CC1. The second-order valence-corrected chi connectivity index (χ2v) is 7.69. The van der Waals surface area contributed by atoms with E-state index in [-0.39, 0.29) is 0 Å². The normalized spacial score (nSPS) is 15.1. The van der Waals surface area contributed by atoms with Crippen LogP contribution in [0.4, 0.5) is 16.8 Å². The third-order valence-electron chi connectivity index (χ3n) is 4.71. The molecule has 1 aliphatic heterocycles. The van der Waals surface area contributed by atoms with Gasteiger partial charge in [-0.1, -0.05) is 17.4 Å². The Kier molecular flexibility index (Phi) is 5.31. The van der Waals surface area contributed by atoms with Crippen LogP contribution in [-0.4, -0.2) is 41.3 Å². The van der Waals surface area contributed by atoms with Crippen LogP contribution in [0.3, 0.4) is 0 Å². The molecule has 0 saturated carbocycles. The van der Waals surface area contributed by atoms with Gasteiger partial charge in [0.2, 0.25) is 0 Å². The number of aromatic nitrogens is 3. The summed E-state index contributed by atoms with van der Waals surface area (Å²) in [7, 11) is 1.79. The average molecular weight is 382 g/mol. The molecule has 1 fully saturated rings. The van der Waals surface area contributed by atoms with Crippen LogP contribution < -0.4 is 10.2 Å². The lowest BCUT2D eigenvalue weighted by molar-refractivity contribution is 0.0819. The van der Waals surface area contributed by atoms with Crippen LogP contribution in [0.15, 0.2) is 42.7 Å². The molecule has 1 N–H and O–H groups in total. The quantitative estimate of drug-likeness (QED) is 0.712. The molecule has 7 heteroatoms. The largest absolute Gasteiger partial charge is 0.381 e. The number of hydrogen-bond acceptors (Lipinski definition) is 7. The highest BCUT2D eigenvalue weighted by Gasteiger charge is 2.21. The standard InChI is InChI=1S/C20H23N5OS/c1-14-6-9-21-19(12-14)24-18-5-3-4-16(23-18)17-13-22-20(27-17)25-10-7-15(26-2)8-11-25/h3-6,9,12-13,15H,7-8,10-11H2,1-2H3,(H,21,23,24). The Labute approximate surface area is 163 Å². The fourth-order valence-electron chi connectivity index (χ4n) is 3.19. The number of anilines is 3. The Balaban J connectivity index is 1.49. The molecule has 27 heavy (non-hydrogen) atoms. The van der Waals surface area contributed by atoms with E-state index in [9.17, 15) is 0 Å². The smallest absolute Gasteiger partial charge is 0.185 e. The lowest BCUT2D eigenvalue weighted by atomic mass is 10.1. The van der Waals surface area contributed by atoms with Crippen LogP contribution in [0.5, 0.6) is 0 Å². The molecule has 6 nitrogen and oxygen atoms in total. The Bertz CT molecular complexity index is 905. The highest BCUT2D eigenvalue weighted by Crippen LogP contribution is 2.32. The van der Waals surface area contributed by atoms with Crippen molar-refractivity contribution in [3.8, 4) is 10.6 Å². The van der Waals surface area contributed by atoms with Gasteiger partial charge in [0.1, 0.15) is 11.6 Å². The predicted octanol–water partition coefficient (Wildman–Crippen LogP) is 4.27. The summed E-state index contributed by atoms with van der Waals surface area (Å²) in [5, 5.41) is 4.33. The Hall–Kier alpha value is -2.51. The van der Waals surface area contributed by atoms with Gasteiger partial charge in [-0.05, 0) is 49.6 Å². The first-order valence-electron chi connectivity index (χ1n) is 9.12. The second kappa shape index (κ2) is 8.02. The van der Waals surface area contributed by atoms with E-state index in [2.05, 4.69) is 20.2 Å². The van der Waals surface area contributed by atoms with Gasteiger partial charge in [0, 0.05) is 32.6 Å². The summed E-state index contributed by atoms with van der Waals surface area (Å²) in [4.78, 5) is 17.1. The first-order valence-corrected chi connectivity index (χ1v) is 9.93. The van der Waals surface area contributed by atoms with Gasteiger partial charge in [-0.2, -0.15) is 0 Å². The average Bonchev–Trinajstić information content (AvgIpc) is 3.19. The van der Waals surface area contributed by atoms with Crippen LogP contribution in [-0.2, 0) is 4.74 Å². The van der Waals surface area contributed by atoms with Crippen molar-refractivity contribution in [3.63, 3.8) is 0 Å². The molecule has 140 valence electrons. The summed E-state index contributed by atoms with van der Waals surface area (Å²) in [6.45, 7) is 4.02. The van der Waals surface area contributed by atoms with Gasteiger partial charge in [0.25, 0.3) is 0 Å². The van der Waals surface area contributed by atoms with Crippen LogP contribution in [0, 0.1) is 6.92 Å². The van der Waals surface area contributed by atoms with Gasteiger partial charge >= 0.3 is 0 Å². The molecule has 0 bridgehead atoms. The zero-order valence-corrected chi connectivity index (χ0v) is 16.4. The number of thiazole rings is 1. The Morgan fingerprint density at radius 2 is 2.00 bits per heavy atom. The van der Waals surface area contributed by atoms with Crippen LogP contribution in [0.25, 0.3) is 10.6 Å². The van der Waals surface area contributed by atoms with Gasteiger partial charge in [-0.15, -0.1) is 0 Å². The number of nitrogens with one attached hydrogen (secondary N) is 1. The number of aryl methyl sites for hydroxylation is 1. The van der Waals surface area contributed by atoms with Crippen molar-refractivity contribution >= 4 is 28.1 Å². The van der Waals surface area contributed by atoms with E-state index in [1.165, 1.54) is 0 Å². The number of methoxy groups -OCH3 is 1. The summed E-state index contributed by atoms with van der Waals surface area (Å²) >= 11 is 1.69. The lowest BCUT2D eigenvalue weighted by Crippen LogP contribution is -2.36. The number of pyridine rings is 2. The summed E-state index contributed by atoms with van der Waals surface area (Å²) in [5.74, 6) is 1.58. The Morgan fingerprint density at radius 1 is 1.15 bits per heavy atom. The van der Waals surface area contributed by atoms with Crippen LogP contribution in [0.1, 0.15) is 18.4 Å². The highest BCUT2D eigenvalue weighted by molar-refractivity contribution is 7.18. The molecular formula is C20H23N5OS. The van der Waals surface area contributed by atoms with Crippen molar-refractivity contribution in [2.45, 2.75) is 25.9 Å². The van der Waals surface area contributed by atoms with E-state index in [1.54, 1.807) is 24.6 Å². The van der Waals surface area contributed by atoms with E-state index in [1.807, 2.05) is 43.5 Å². The zero-order valence-electron chi connectivity index (χ0n) is 15.6. The second-order valence-electron chi connectivity index (χ2n) is 6.68. The van der Waals surface area contributed by atoms with Gasteiger partial charge in [-0.3, -0.25) is 0 Å². The monoisotopic (exact) mass is 381 g/mol. The molecule has 3 aromatic heterocycles. The number of hydrogen-bond donors (Lipinski definition) is 1. The topological polar surface area (TPSA) is 63.2 Å². The minimum atomic E-state index is 0.375. The number of nitrogens with zero attached hydrogens (tertiary/aromatic N) is 4. The van der Waals surface area contributed by atoms with Crippen LogP contribution in [0.2, 0.25) is 0 Å². The van der Waals surface area contributed by atoms with E-state index in [4.69, 9.17) is 9.72 Å². The molecule has 3 aromatic rings. The third-order valence-corrected chi connectivity index (χ3v) is 5.79. The molecular weight excluding hydrogens is 358 g/mol. The van der Waals surface area contributed by atoms with Crippen molar-refractivity contribution in [2.24, 2.45) is 0 Å². The van der Waals surface area contributed by atoms with Gasteiger partial charge in [-0.25, -0.2) is 15.0 Å². The first-order chi connectivity index (χ1) is 13.2. The molecule has 1 saturated heterocycles. The summed E-state index contributed by atoms with van der Waals surface area (Å²) in [5.41, 5.74) is 2.08. The van der Waals surface area contributed by atoms with Crippen molar-refractivity contribution in [2.75, 3.05) is 30.4 Å². The molecule has 0 aliphatic carbocycles. The molecule has 0 radical (unpaired) electrons. The number of piperidine rings is 1. The molecule has 0 spiro atoms. The van der Waals surface area contributed by atoms with E-state index in [0.717, 1.165) is 58.8 Å². The summed E-state index contributed by atoms with van der Waals surface area (Å²) < 4.78 is 5.45. The van der Waals surface area contributed by atoms with Gasteiger partial charge in [0.05, 0.1) is 16.7 Å². The maximum absolute atomic E-state index is 5.45. The van der Waals surface area contributed by atoms with Crippen molar-refractivity contribution < 1.29 is 4.74 Å². The molecule has 1 aliphatic rings. The van der Waals surface area contributed by atoms with Crippen LogP contribution >= 0.6 is 11.3 Å². The molecule has 4 rings (SSSR count). The molecule has 0 unspecified atom stereocenters. The Morgan fingerprint density at radius 3 is 2.78 bits per heavy atom. The molecule has 0 atom stereocenters. The third kappa shape index (κ3) is 4.26. The molecule has 4 heterocycles. The number of ether oxygens (including phenoxy) is 1. The summed E-state index contributed by atoms with van der Waals surface area (Å²) in [6.07, 6.45) is 6.18. The minimum Gasteiger partial charge on any atom is -0.381 e. The molecule has 0 aromatic carbocycles. The van der Waals surface area contributed by atoms with Gasteiger partial charge < -0.3 is 15.0 Å². The number of rotatable bonds is 5. The first kappa shape index (κ1) is 17.9. The fourth-order valence-corrected chi connectivity index (χ4v) is 4.13. The maximum atomic E-state index is 5.45. The minimum absolute atomic E-state index is 0.375. The molecule has 0 amide bonds. The predicted molar refractivity (Wildman–Crippen MR) is 110 cm³/mol.